The quantitative estimate of drug-likeness (QED) is 0.860. The van der Waals surface area contributed by atoms with Crippen LogP contribution in [0.2, 0.25) is 0 Å². The van der Waals surface area contributed by atoms with E-state index >= 15 is 0 Å². The van der Waals surface area contributed by atoms with Crippen LogP contribution in [-0.4, -0.2) is 37.9 Å². The standard InChI is InChI=1S/C16H25NO2S/c1-12-9-13(2)16(14(3)10-12)11-17(4)15-5-7-20(18,19)8-6-15/h9-10,15H,5-8,11H2,1-4H3. The van der Waals surface area contributed by atoms with Crippen LogP contribution >= 0.6 is 0 Å². The molecule has 1 aliphatic heterocycles. The molecular formula is C16H25NO2S. The molecule has 1 saturated heterocycles. The second kappa shape index (κ2) is 5.86. The predicted molar refractivity (Wildman–Crippen MR) is 83.8 cm³/mol. The molecule has 0 bridgehead atoms. The van der Waals surface area contributed by atoms with Gasteiger partial charge < -0.3 is 0 Å². The molecule has 0 spiro atoms. The van der Waals surface area contributed by atoms with Crippen LogP contribution in [0.25, 0.3) is 0 Å². The first-order valence-electron chi connectivity index (χ1n) is 7.26. The Morgan fingerprint density at radius 1 is 1.10 bits per heavy atom. The zero-order valence-corrected chi connectivity index (χ0v) is 13.8. The number of sulfone groups is 1. The van der Waals surface area contributed by atoms with Crippen molar-refractivity contribution in [2.45, 2.75) is 46.2 Å². The van der Waals surface area contributed by atoms with Crippen molar-refractivity contribution in [3.8, 4) is 0 Å². The highest BCUT2D eigenvalue weighted by atomic mass is 32.2. The van der Waals surface area contributed by atoms with Crippen LogP contribution in [0.5, 0.6) is 0 Å². The second-order valence-electron chi connectivity index (χ2n) is 6.18. The monoisotopic (exact) mass is 295 g/mol. The van der Waals surface area contributed by atoms with Gasteiger partial charge in [-0.05, 0) is 57.4 Å². The molecule has 1 aliphatic rings. The number of hydrogen-bond acceptors (Lipinski definition) is 3. The van der Waals surface area contributed by atoms with Crippen LogP contribution in [0.4, 0.5) is 0 Å². The predicted octanol–water partition coefficient (Wildman–Crippen LogP) is 2.62. The molecule has 1 heterocycles. The average Bonchev–Trinajstić information content (AvgIpc) is 2.33. The van der Waals surface area contributed by atoms with Crippen LogP contribution in [0, 0.1) is 20.8 Å². The summed E-state index contributed by atoms with van der Waals surface area (Å²) in [4.78, 5) is 2.32. The van der Waals surface area contributed by atoms with Gasteiger partial charge in [0.25, 0.3) is 0 Å². The maximum atomic E-state index is 11.5. The fraction of sp³-hybridized carbons (Fsp3) is 0.625. The minimum absolute atomic E-state index is 0.341. The third-order valence-electron chi connectivity index (χ3n) is 4.40. The smallest absolute Gasteiger partial charge is 0.150 e. The van der Waals surface area contributed by atoms with Gasteiger partial charge >= 0.3 is 0 Å². The Morgan fingerprint density at radius 2 is 1.60 bits per heavy atom. The molecular weight excluding hydrogens is 270 g/mol. The highest BCUT2D eigenvalue weighted by Gasteiger charge is 2.26. The Bertz CT molecular complexity index is 555. The number of aryl methyl sites for hydroxylation is 3. The van der Waals surface area contributed by atoms with Crippen molar-refractivity contribution in [1.29, 1.82) is 0 Å². The van der Waals surface area contributed by atoms with Crippen molar-refractivity contribution in [3.63, 3.8) is 0 Å². The van der Waals surface area contributed by atoms with Gasteiger partial charge in [-0.1, -0.05) is 17.7 Å². The van der Waals surface area contributed by atoms with Gasteiger partial charge in [0.1, 0.15) is 9.84 Å². The lowest BCUT2D eigenvalue weighted by Gasteiger charge is -2.32. The largest absolute Gasteiger partial charge is 0.299 e. The molecule has 4 heteroatoms. The summed E-state index contributed by atoms with van der Waals surface area (Å²) in [5.41, 5.74) is 5.34. The third kappa shape index (κ3) is 3.61. The minimum atomic E-state index is -2.77. The van der Waals surface area contributed by atoms with E-state index in [1.807, 2.05) is 0 Å². The normalized spacial score (nSPS) is 19.4. The van der Waals surface area contributed by atoms with Crippen molar-refractivity contribution in [2.75, 3.05) is 18.6 Å². The molecule has 20 heavy (non-hydrogen) atoms. The summed E-state index contributed by atoms with van der Waals surface area (Å²) in [5.74, 6) is 0.682. The van der Waals surface area contributed by atoms with E-state index in [1.54, 1.807) is 0 Å². The molecule has 0 atom stereocenters. The first-order chi connectivity index (χ1) is 9.28. The van der Waals surface area contributed by atoms with Crippen LogP contribution in [0.3, 0.4) is 0 Å². The number of nitrogens with zero attached hydrogens (tertiary/aromatic N) is 1. The highest BCUT2D eigenvalue weighted by molar-refractivity contribution is 7.91. The lowest BCUT2D eigenvalue weighted by Crippen LogP contribution is -2.38. The SMILES string of the molecule is Cc1cc(C)c(CN(C)C2CCS(=O)(=O)CC2)c(C)c1. The fourth-order valence-electron chi connectivity index (χ4n) is 3.16. The average molecular weight is 295 g/mol. The van der Waals surface area contributed by atoms with E-state index in [2.05, 4.69) is 44.9 Å². The summed E-state index contributed by atoms with van der Waals surface area (Å²) in [5, 5.41) is 0. The van der Waals surface area contributed by atoms with Gasteiger partial charge in [-0.15, -0.1) is 0 Å². The molecule has 0 amide bonds. The van der Waals surface area contributed by atoms with E-state index in [4.69, 9.17) is 0 Å². The summed E-state index contributed by atoms with van der Waals surface area (Å²) in [6.07, 6.45) is 1.53. The van der Waals surface area contributed by atoms with Gasteiger partial charge in [0.15, 0.2) is 0 Å². The van der Waals surface area contributed by atoms with Gasteiger partial charge in [-0.25, -0.2) is 8.42 Å². The van der Waals surface area contributed by atoms with E-state index in [0.29, 0.717) is 17.5 Å². The molecule has 0 saturated carbocycles. The van der Waals surface area contributed by atoms with Gasteiger partial charge in [0.05, 0.1) is 11.5 Å². The Kier molecular flexibility index (Phi) is 4.55. The van der Waals surface area contributed by atoms with Crippen molar-refractivity contribution in [2.24, 2.45) is 0 Å². The van der Waals surface area contributed by atoms with Crippen molar-refractivity contribution in [3.05, 3.63) is 34.4 Å². The number of benzene rings is 1. The highest BCUT2D eigenvalue weighted by Crippen LogP contribution is 2.22. The van der Waals surface area contributed by atoms with E-state index in [1.165, 1.54) is 22.3 Å². The molecule has 1 fully saturated rings. The summed E-state index contributed by atoms with van der Waals surface area (Å²) in [6, 6.07) is 4.84. The molecule has 0 aliphatic carbocycles. The topological polar surface area (TPSA) is 37.4 Å². The molecule has 0 unspecified atom stereocenters. The zero-order valence-electron chi connectivity index (χ0n) is 12.9. The maximum Gasteiger partial charge on any atom is 0.150 e. The number of rotatable bonds is 3. The summed E-state index contributed by atoms with van der Waals surface area (Å²) < 4.78 is 23.0. The fourth-order valence-corrected chi connectivity index (χ4v) is 4.62. The molecule has 1 aromatic carbocycles. The molecule has 0 N–H and O–H groups in total. The Hall–Kier alpha value is -0.870. The van der Waals surface area contributed by atoms with Crippen molar-refractivity contribution < 1.29 is 8.42 Å². The maximum absolute atomic E-state index is 11.5. The summed E-state index contributed by atoms with van der Waals surface area (Å²) in [6.45, 7) is 7.35. The minimum Gasteiger partial charge on any atom is -0.299 e. The van der Waals surface area contributed by atoms with Gasteiger partial charge in [0.2, 0.25) is 0 Å². The van der Waals surface area contributed by atoms with Crippen LogP contribution in [-0.2, 0) is 16.4 Å². The molecule has 2 rings (SSSR count). The lowest BCUT2D eigenvalue weighted by atomic mass is 9.98. The first-order valence-corrected chi connectivity index (χ1v) is 9.08. The Labute approximate surface area is 122 Å². The molecule has 1 aromatic rings. The first kappa shape index (κ1) is 15.5. The van der Waals surface area contributed by atoms with Crippen LogP contribution in [0.1, 0.15) is 35.1 Å². The van der Waals surface area contributed by atoms with Crippen LogP contribution < -0.4 is 0 Å². The molecule has 0 aromatic heterocycles. The second-order valence-corrected chi connectivity index (χ2v) is 8.48. The van der Waals surface area contributed by atoms with E-state index in [-0.39, 0.29) is 0 Å². The summed E-state index contributed by atoms with van der Waals surface area (Å²) >= 11 is 0. The Balaban J connectivity index is 2.07. The van der Waals surface area contributed by atoms with Crippen molar-refractivity contribution >= 4 is 9.84 Å². The van der Waals surface area contributed by atoms with E-state index in [0.717, 1.165) is 19.4 Å². The van der Waals surface area contributed by atoms with Crippen molar-refractivity contribution in [1.82, 2.24) is 4.90 Å². The van der Waals surface area contributed by atoms with E-state index in [9.17, 15) is 8.42 Å². The van der Waals surface area contributed by atoms with Gasteiger partial charge in [0, 0.05) is 12.6 Å². The van der Waals surface area contributed by atoms with Gasteiger partial charge in [-0.2, -0.15) is 0 Å². The van der Waals surface area contributed by atoms with Gasteiger partial charge in [-0.3, -0.25) is 4.90 Å². The van der Waals surface area contributed by atoms with Crippen LogP contribution in [0.15, 0.2) is 12.1 Å². The Morgan fingerprint density at radius 3 is 2.10 bits per heavy atom. The molecule has 3 nitrogen and oxygen atoms in total. The summed E-state index contributed by atoms with van der Waals surface area (Å²) in [7, 11) is -0.658. The zero-order chi connectivity index (χ0) is 14.9. The third-order valence-corrected chi connectivity index (χ3v) is 6.11. The van der Waals surface area contributed by atoms with E-state index < -0.39 is 9.84 Å². The lowest BCUT2D eigenvalue weighted by molar-refractivity contribution is 0.218. The molecule has 0 radical (unpaired) electrons. The number of hydrogen-bond donors (Lipinski definition) is 0. The molecule has 112 valence electrons.